The van der Waals surface area contributed by atoms with Crippen LogP contribution in [0.3, 0.4) is 0 Å². The number of thioether (sulfide) groups is 1. The second-order valence-electron chi connectivity index (χ2n) is 6.65. The SMILES string of the molecule is Cn1cccc1C(=O)NC(=O)CSc1nnc(N2CCOCC2)n1C1CC1. The topological polar surface area (TPSA) is 94.3 Å². The summed E-state index contributed by atoms with van der Waals surface area (Å²) >= 11 is 1.31. The van der Waals surface area contributed by atoms with E-state index in [1.54, 1.807) is 29.9 Å². The van der Waals surface area contributed by atoms with Crippen molar-refractivity contribution in [2.24, 2.45) is 7.05 Å². The smallest absolute Gasteiger partial charge is 0.274 e. The van der Waals surface area contributed by atoms with Crippen LogP contribution in [0, 0.1) is 0 Å². The molecule has 2 aliphatic rings. The molecule has 3 heterocycles. The summed E-state index contributed by atoms with van der Waals surface area (Å²) < 4.78 is 9.21. The number of nitrogens with one attached hydrogen (secondary N) is 1. The number of imide groups is 1. The lowest BCUT2D eigenvalue weighted by Gasteiger charge is -2.27. The van der Waals surface area contributed by atoms with Crippen LogP contribution in [0.5, 0.6) is 0 Å². The van der Waals surface area contributed by atoms with Crippen LogP contribution in [0.1, 0.15) is 29.4 Å². The van der Waals surface area contributed by atoms with E-state index in [0.717, 1.165) is 37.0 Å². The van der Waals surface area contributed by atoms with Gasteiger partial charge in [-0.05, 0) is 25.0 Å². The second-order valence-corrected chi connectivity index (χ2v) is 7.60. The van der Waals surface area contributed by atoms with Gasteiger partial charge in [0, 0.05) is 32.4 Å². The second kappa shape index (κ2) is 7.73. The normalized spacial score (nSPS) is 17.1. The quantitative estimate of drug-likeness (QED) is 0.730. The summed E-state index contributed by atoms with van der Waals surface area (Å²) in [6.45, 7) is 2.95. The Kier molecular flexibility index (Phi) is 5.17. The lowest BCUT2D eigenvalue weighted by Crippen LogP contribution is -2.38. The van der Waals surface area contributed by atoms with Crippen molar-refractivity contribution in [3.05, 3.63) is 24.0 Å². The van der Waals surface area contributed by atoms with Crippen molar-refractivity contribution >= 4 is 29.5 Å². The van der Waals surface area contributed by atoms with Gasteiger partial charge in [-0.3, -0.25) is 19.5 Å². The predicted molar refractivity (Wildman–Crippen MR) is 99.9 cm³/mol. The van der Waals surface area contributed by atoms with Crippen LogP contribution in [0.15, 0.2) is 23.5 Å². The largest absolute Gasteiger partial charge is 0.378 e. The fraction of sp³-hybridized carbons (Fsp3) is 0.529. The molecule has 144 valence electrons. The van der Waals surface area contributed by atoms with Gasteiger partial charge >= 0.3 is 0 Å². The molecule has 0 atom stereocenters. The first kappa shape index (κ1) is 18.1. The standard InChI is InChI=1S/C17H22N6O3S/c1-21-6-2-3-13(21)15(25)18-14(24)11-27-17-20-19-16(23(17)12-4-5-12)22-7-9-26-10-8-22/h2-3,6,12H,4-5,7-11H2,1H3,(H,18,24,25). The Labute approximate surface area is 161 Å². The van der Waals surface area contributed by atoms with E-state index in [4.69, 9.17) is 4.74 Å². The highest BCUT2D eigenvalue weighted by Gasteiger charge is 2.32. The molecule has 0 radical (unpaired) electrons. The molecule has 10 heteroatoms. The number of aryl methyl sites for hydroxylation is 1. The number of carbonyl (C=O) groups is 2. The van der Waals surface area contributed by atoms with Crippen molar-refractivity contribution in [3.63, 3.8) is 0 Å². The number of aromatic nitrogens is 4. The van der Waals surface area contributed by atoms with Gasteiger partial charge in [0.15, 0.2) is 5.16 Å². The summed E-state index contributed by atoms with van der Waals surface area (Å²) in [5.41, 5.74) is 0.448. The average molecular weight is 390 g/mol. The number of ether oxygens (including phenoxy) is 1. The highest BCUT2D eigenvalue weighted by Crippen LogP contribution is 2.41. The Morgan fingerprint density at radius 2 is 2.07 bits per heavy atom. The van der Waals surface area contributed by atoms with E-state index in [9.17, 15) is 9.59 Å². The maximum Gasteiger partial charge on any atom is 0.274 e. The zero-order valence-corrected chi connectivity index (χ0v) is 15.9. The summed E-state index contributed by atoms with van der Waals surface area (Å²) in [7, 11) is 1.76. The van der Waals surface area contributed by atoms with Crippen molar-refractivity contribution in [2.45, 2.75) is 24.0 Å². The number of nitrogens with zero attached hydrogens (tertiary/aromatic N) is 5. The number of hydrogen-bond donors (Lipinski definition) is 1. The summed E-state index contributed by atoms with van der Waals surface area (Å²) in [6.07, 6.45) is 3.96. The molecule has 1 saturated carbocycles. The molecule has 1 aliphatic heterocycles. The summed E-state index contributed by atoms with van der Waals surface area (Å²) in [5, 5.41) is 11.8. The third-order valence-corrected chi connectivity index (χ3v) is 5.56. The fourth-order valence-corrected chi connectivity index (χ4v) is 3.85. The molecular formula is C17H22N6O3S. The van der Waals surface area contributed by atoms with Gasteiger partial charge in [-0.2, -0.15) is 0 Å². The third-order valence-electron chi connectivity index (χ3n) is 4.61. The predicted octanol–water partition coefficient (Wildman–Crippen LogP) is 0.837. The van der Waals surface area contributed by atoms with Crippen molar-refractivity contribution in [2.75, 3.05) is 37.0 Å². The molecule has 27 heavy (non-hydrogen) atoms. The van der Waals surface area contributed by atoms with E-state index >= 15 is 0 Å². The van der Waals surface area contributed by atoms with Gasteiger partial charge in [-0.15, -0.1) is 10.2 Å². The fourth-order valence-electron chi connectivity index (χ4n) is 3.05. The molecule has 2 fully saturated rings. The van der Waals surface area contributed by atoms with Gasteiger partial charge in [0.2, 0.25) is 11.9 Å². The lowest BCUT2D eigenvalue weighted by atomic mass is 10.4. The van der Waals surface area contributed by atoms with Crippen LogP contribution in [0.2, 0.25) is 0 Å². The highest BCUT2D eigenvalue weighted by molar-refractivity contribution is 7.99. The number of anilines is 1. The van der Waals surface area contributed by atoms with Gasteiger partial charge in [-0.1, -0.05) is 11.8 Å². The molecule has 2 amide bonds. The van der Waals surface area contributed by atoms with Crippen molar-refractivity contribution in [1.29, 1.82) is 0 Å². The van der Waals surface area contributed by atoms with E-state index in [1.165, 1.54) is 11.8 Å². The van der Waals surface area contributed by atoms with Gasteiger partial charge in [-0.25, -0.2) is 0 Å². The molecule has 4 rings (SSSR count). The highest BCUT2D eigenvalue weighted by atomic mass is 32.2. The number of morpholine rings is 1. The Hall–Kier alpha value is -2.33. The first-order valence-electron chi connectivity index (χ1n) is 8.99. The molecule has 1 aliphatic carbocycles. The van der Waals surface area contributed by atoms with Crippen LogP contribution >= 0.6 is 11.8 Å². The molecule has 0 aromatic carbocycles. The van der Waals surface area contributed by atoms with E-state index < -0.39 is 5.91 Å². The monoisotopic (exact) mass is 390 g/mol. The Bertz CT molecular complexity index is 838. The van der Waals surface area contributed by atoms with E-state index in [1.807, 2.05) is 0 Å². The van der Waals surface area contributed by atoms with Gasteiger partial charge in [0.05, 0.1) is 19.0 Å². The molecule has 2 aromatic rings. The number of amides is 2. The van der Waals surface area contributed by atoms with Crippen LogP contribution in [0.25, 0.3) is 0 Å². The first-order valence-corrected chi connectivity index (χ1v) is 9.98. The summed E-state index contributed by atoms with van der Waals surface area (Å²) in [6, 6.07) is 3.83. The maximum absolute atomic E-state index is 12.2. The molecular weight excluding hydrogens is 368 g/mol. The molecule has 2 aromatic heterocycles. The van der Waals surface area contributed by atoms with Crippen LogP contribution in [0.4, 0.5) is 5.95 Å². The minimum atomic E-state index is -0.397. The Morgan fingerprint density at radius 3 is 2.74 bits per heavy atom. The molecule has 9 nitrogen and oxygen atoms in total. The van der Waals surface area contributed by atoms with Crippen LogP contribution < -0.4 is 10.2 Å². The average Bonchev–Trinajstić information content (AvgIpc) is 3.27. The van der Waals surface area contributed by atoms with E-state index in [-0.39, 0.29) is 11.7 Å². The van der Waals surface area contributed by atoms with Crippen molar-refractivity contribution in [3.8, 4) is 0 Å². The van der Waals surface area contributed by atoms with E-state index in [0.29, 0.717) is 24.9 Å². The lowest BCUT2D eigenvalue weighted by molar-refractivity contribution is -0.117. The van der Waals surface area contributed by atoms with Crippen LogP contribution in [-0.4, -0.2) is 63.2 Å². The van der Waals surface area contributed by atoms with Crippen LogP contribution in [-0.2, 0) is 16.6 Å². The molecule has 1 saturated heterocycles. The van der Waals surface area contributed by atoms with Crippen molar-refractivity contribution < 1.29 is 14.3 Å². The third kappa shape index (κ3) is 4.01. The number of carbonyl (C=O) groups excluding carboxylic acids is 2. The summed E-state index contributed by atoms with van der Waals surface area (Å²) in [4.78, 5) is 26.5. The number of rotatable bonds is 6. The Balaban J connectivity index is 1.39. The molecule has 0 unspecified atom stereocenters. The number of hydrogen-bond acceptors (Lipinski definition) is 7. The Morgan fingerprint density at radius 1 is 1.30 bits per heavy atom. The minimum Gasteiger partial charge on any atom is -0.378 e. The minimum absolute atomic E-state index is 0.115. The van der Waals surface area contributed by atoms with Gasteiger partial charge in [0.1, 0.15) is 5.69 Å². The summed E-state index contributed by atoms with van der Waals surface area (Å²) in [5.74, 6) is 0.225. The molecule has 0 bridgehead atoms. The van der Waals surface area contributed by atoms with Gasteiger partial charge in [0.25, 0.3) is 5.91 Å². The molecule has 0 spiro atoms. The van der Waals surface area contributed by atoms with Gasteiger partial charge < -0.3 is 14.2 Å². The maximum atomic E-state index is 12.2. The van der Waals surface area contributed by atoms with E-state index in [2.05, 4.69) is 25.0 Å². The zero-order valence-electron chi connectivity index (χ0n) is 15.1. The zero-order chi connectivity index (χ0) is 18.8. The first-order chi connectivity index (χ1) is 13.1. The molecule has 1 N–H and O–H groups in total. The van der Waals surface area contributed by atoms with Crippen molar-refractivity contribution in [1.82, 2.24) is 24.6 Å².